The van der Waals surface area contributed by atoms with E-state index < -0.39 is 0 Å². The molecule has 0 unspecified atom stereocenters. The minimum absolute atomic E-state index is 0.105. The van der Waals surface area contributed by atoms with Crippen molar-refractivity contribution in [2.45, 2.75) is 46.7 Å². The summed E-state index contributed by atoms with van der Waals surface area (Å²) in [7, 11) is 0. The second-order valence-electron chi connectivity index (χ2n) is 5.47. The van der Waals surface area contributed by atoms with Gasteiger partial charge in [0, 0.05) is 13.0 Å². The molecule has 0 spiro atoms. The van der Waals surface area contributed by atoms with E-state index in [1.165, 1.54) is 0 Å². The van der Waals surface area contributed by atoms with E-state index in [1.54, 1.807) is 0 Å². The molecule has 108 valence electrons. The van der Waals surface area contributed by atoms with Crippen LogP contribution in [0.4, 0.5) is 0 Å². The first-order valence-corrected chi connectivity index (χ1v) is 7.32. The summed E-state index contributed by atoms with van der Waals surface area (Å²) >= 11 is 0. The highest BCUT2D eigenvalue weighted by molar-refractivity contribution is 5.77. The van der Waals surface area contributed by atoms with E-state index in [0.717, 1.165) is 29.8 Å². The fourth-order valence-corrected chi connectivity index (χ4v) is 2.30. The molecule has 0 aliphatic carbocycles. The van der Waals surface area contributed by atoms with Gasteiger partial charge < -0.3 is 9.88 Å². The van der Waals surface area contributed by atoms with Crippen LogP contribution in [-0.2, 0) is 17.9 Å². The molecule has 1 amide bonds. The molecule has 4 heteroatoms. The number of hydrogen-bond acceptors (Lipinski definition) is 2. The van der Waals surface area contributed by atoms with Crippen molar-refractivity contribution in [3.8, 4) is 0 Å². The topological polar surface area (TPSA) is 46.9 Å². The van der Waals surface area contributed by atoms with E-state index in [9.17, 15) is 4.79 Å². The molecule has 0 radical (unpaired) electrons. The smallest absolute Gasteiger partial charge is 0.220 e. The Morgan fingerprint density at radius 2 is 2.10 bits per heavy atom. The second kappa shape index (κ2) is 6.55. The van der Waals surface area contributed by atoms with Crippen molar-refractivity contribution in [1.29, 1.82) is 0 Å². The molecule has 0 fully saturated rings. The van der Waals surface area contributed by atoms with Crippen molar-refractivity contribution < 1.29 is 4.79 Å². The molecule has 4 nitrogen and oxygen atoms in total. The Hall–Kier alpha value is -1.84. The number of rotatable bonds is 6. The van der Waals surface area contributed by atoms with Crippen LogP contribution in [-0.4, -0.2) is 15.5 Å². The molecular formula is C16H23N3O. The third kappa shape index (κ3) is 3.38. The molecular weight excluding hydrogens is 250 g/mol. The van der Waals surface area contributed by atoms with Gasteiger partial charge in [0.1, 0.15) is 5.82 Å². The number of nitrogens with zero attached hydrogens (tertiary/aromatic N) is 2. The summed E-state index contributed by atoms with van der Waals surface area (Å²) in [4.78, 5) is 16.4. The minimum atomic E-state index is 0.105. The van der Waals surface area contributed by atoms with Crippen LogP contribution in [0.5, 0.6) is 0 Å². The zero-order valence-electron chi connectivity index (χ0n) is 12.5. The van der Waals surface area contributed by atoms with E-state index in [0.29, 0.717) is 18.9 Å². The van der Waals surface area contributed by atoms with Crippen molar-refractivity contribution in [3.63, 3.8) is 0 Å². The second-order valence-corrected chi connectivity index (χ2v) is 5.47. The van der Waals surface area contributed by atoms with Crippen LogP contribution >= 0.6 is 0 Å². The lowest BCUT2D eigenvalue weighted by molar-refractivity contribution is -0.121. The largest absolute Gasteiger partial charge is 0.349 e. The Morgan fingerprint density at radius 3 is 2.80 bits per heavy atom. The highest BCUT2D eigenvalue weighted by atomic mass is 16.1. The first-order chi connectivity index (χ1) is 9.61. The third-order valence-electron chi connectivity index (χ3n) is 3.44. The Morgan fingerprint density at radius 1 is 1.35 bits per heavy atom. The minimum Gasteiger partial charge on any atom is -0.349 e. The fraction of sp³-hybridized carbons (Fsp3) is 0.500. The number of aryl methyl sites for hydroxylation is 1. The van der Waals surface area contributed by atoms with Crippen molar-refractivity contribution in [3.05, 3.63) is 30.1 Å². The maximum atomic E-state index is 11.8. The Balaban J connectivity index is 2.04. The number of nitrogens with one attached hydrogen (secondary N) is 1. The Labute approximate surface area is 120 Å². The monoisotopic (exact) mass is 273 g/mol. The van der Waals surface area contributed by atoms with E-state index >= 15 is 0 Å². The first kappa shape index (κ1) is 14.6. The predicted octanol–water partition coefficient (Wildman–Crippen LogP) is 3.11. The lowest BCUT2D eigenvalue weighted by Crippen LogP contribution is -2.24. The van der Waals surface area contributed by atoms with E-state index in [2.05, 4.69) is 41.7 Å². The van der Waals surface area contributed by atoms with Gasteiger partial charge in [-0.05, 0) is 31.4 Å². The molecule has 2 rings (SSSR count). The molecule has 0 atom stereocenters. The van der Waals surface area contributed by atoms with Crippen LogP contribution < -0.4 is 5.32 Å². The number of hydrogen-bond donors (Lipinski definition) is 1. The van der Waals surface area contributed by atoms with Crippen molar-refractivity contribution in [2.75, 3.05) is 0 Å². The predicted molar refractivity (Wildman–Crippen MR) is 81.3 cm³/mol. The summed E-state index contributed by atoms with van der Waals surface area (Å²) in [5, 5.41) is 2.97. The molecule has 1 N–H and O–H groups in total. The molecule has 2 aromatic rings. The van der Waals surface area contributed by atoms with Gasteiger partial charge in [0.25, 0.3) is 0 Å². The fourth-order valence-electron chi connectivity index (χ4n) is 2.30. The number of para-hydroxylation sites is 2. The molecule has 0 bridgehead atoms. The molecule has 0 aliphatic rings. The van der Waals surface area contributed by atoms with Crippen molar-refractivity contribution in [1.82, 2.24) is 14.9 Å². The van der Waals surface area contributed by atoms with Gasteiger partial charge in [-0.1, -0.05) is 26.0 Å². The molecule has 0 saturated carbocycles. The Bertz CT molecular complexity index is 586. The quantitative estimate of drug-likeness (QED) is 0.879. The molecule has 1 heterocycles. The van der Waals surface area contributed by atoms with Crippen LogP contribution in [0.1, 0.15) is 39.4 Å². The summed E-state index contributed by atoms with van der Waals surface area (Å²) < 4.78 is 2.15. The number of benzene rings is 1. The van der Waals surface area contributed by atoms with E-state index in [1.807, 2.05) is 18.2 Å². The average molecular weight is 273 g/mol. The number of carbonyl (C=O) groups is 1. The zero-order chi connectivity index (χ0) is 14.5. The number of carbonyl (C=O) groups excluding carboxylic acids is 1. The van der Waals surface area contributed by atoms with Gasteiger partial charge in [-0.3, -0.25) is 4.79 Å². The summed E-state index contributed by atoms with van der Waals surface area (Å²) in [6.45, 7) is 7.71. The van der Waals surface area contributed by atoms with Gasteiger partial charge in [0.2, 0.25) is 5.91 Å². The SMILES string of the molecule is CCn1c(CNC(=O)CCC(C)C)nc2ccccc21. The molecule has 1 aromatic carbocycles. The van der Waals surface area contributed by atoms with Crippen LogP contribution in [0.25, 0.3) is 11.0 Å². The van der Waals surface area contributed by atoms with Crippen LogP contribution in [0.15, 0.2) is 24.3 Å². The maximum absolute atomic E-state index is 11.8. The lowest BCUT2D eigenvalue weighted by Gasteiger charge is -2.08. The normalized spacial score (nSPS) is 11.2. The summed E-state index contributed by atoms with van der Waals surface area (Å²) in [5.74, 6) is 1.58. The standard InChI is InChI=1S/C16H23N3O/c1-4-19-14-8-6-5-7-13(14)18-15(19)11-17-16(20)10-9-12(2)3/h5-8,12H,4,9-11H2,1-3H3,(H,17,20). The lowest BCUT2D eigenvalue weighted by atomic mass is 10.1. The number of imidazole rings is 1. The summed E-state index contributed by atoms with van der Waals surface area (Å²) in [6.07, 6.45) is 1.51. The average Bonchev–Trinajstić information content (AvgIpc) is 2.80. The first-order valence-electron chi connectivity index (χ1n) is 7.32. The summed E-state index contributed by atoms with van der Waals surface area (Å²) in [6, 6.07) is 8.07. The highest BCUT2D eigenvalue weighted by Gasteiger charge is 2.10. The third-order valence-corrected chi connectivity index (χ3v) is 3.44. The van der Waals surface area contributed by atoms with Crippen molar-refractivity contribution >= 4 is 16.9 Å². The zero-order valence-corrected chi connectivity index (χ0v) is 12.5. The van der Waals surface area contributed by atoms with E-state index in [-0.39, 0.29) is 5.91 Å². The Kier molecular flexibility index (Phi) is 4.77. The summed E-state index contributed by atoms with van der Waals surface area (Å²) in [5.41, 5.74) is 2.11. The molecule has 0 saturated heterocycles. The number of fused-ring (bicyclic) bond motifs is 1. The highest BCUT2D eigenvalue weighted by Crippen LogP contribution is 2.15. The van der Waals surface area contributed by atoms with Gasteiger partial charge in [-0.2, -0.15) is 0 Å². The van der Waals surface area contributed by atoms with E-state index in [4.69, 9.17) is 0 Å². The molecule has 0 aliphatic heterocycles. The number of amides is 1. The molecule has 20 heavy (non-hydrogen) atoms. The van der Waals surface area contributed by atoms with Gasteiger partial charge in [-0.25, -0.2) is 4.98 Å². The maximum Gasteiger partial charge on any atom is 0.220 e. The van der Waals surface area contributed by atoms with Crippen LogP contribution in [0.2, 0.25) is 0 Å². The van der Waals surface area contributed by atoms with Gasteiger partial charge in [0.05, 0.1) is 17.6 Å². The molecule has 1 aromatic heterocycles. The number of aromatic nitrogens is 2. The van der Waals surface area contributed by atoms with Gasteiger partial charge in [0.15, 0.2) is 0 Å². The van der Waals surface area contributed by atoms with Crippen LogP contribution in [0.3, 0.4) is 0 Å². The van der Waals surface area contributed by atoms with Crippen LogP contribution in [0, 0.1) is 5.92 Å². The van der Waals surface area contributed by atoms with Gasteiger partial charge >= 0.3 is 0 Å². The van der Waals surface area contributed by atoms with Gasteiger partial charge in [-0.15, -0.1) is 0 Å². The van der Waals surface area contributed by atoms with Crippen molar-refractivity contribution in [2.24, 2.45) is 5.92 Å².